The molecule has 0 spiro atoms. The minimum absolute atomic E-state index is 0.0762. The second-order valence-electron chi connectivity index (χ2n) is 10.6. The molecular weight excluding hydrogens is 680 g/mol. The van der Waals surface area contributed by atoms with Crippen molar-refractivity contribution in [3.8, 4) is 5.75 Å². The molecule has 1 aliphatic heterocycles. The van der Waals surface area contributed by atoms with Crippen molar-refractivity contribution >= 4 is 48.2 Å². The molecule has 0 saturated carbocycles. The predicted octanol–water partition coefficient (Wildman–Crippen LogP) is 7.61. The summed E-state index contributed by atoms with van der Waals surface area (Å²) in [5.41, 5.74) is 0.782. The molecule has 46 heavy (non-hydrogen) atoms. The molecule has 12 heteroatoms. The van der Waals surface area contributed by atoms with Crippen LogP contribution in [0.4, 0.5) is 20.3 Å². The fourth-order valence-corrected chi connectivity index (χ4v) is 6.75. The van der Waals surface area contributed by atoms with Gasteiger partial charge in [0.1, 0.15) is 36.1 Å². The Morgan fingerprint density at radius 3 is 2.59 bits per heavy atom. The van der Waals surface area contributed by atoms with Crippen LogP contribution in [0.2, 0.25) is 0 Å². The van der Waals surface area contributed by atoms with Crippen molar-refractivity contribution in [1.29, 1.82) is 0 Å². The molecule has 1 aliphatic rings. The fraction of sp³-hybridized carbons (Fsp3) is 0.176. The van der Waals surface area contributed by atoms with Crippen molar-refractivity contribution in [2.45, 2.75) is 23.5 Å². The van der Waals surface area contributed by atoms with Crippen molar-refractivity contribution in [1.82, 2.24) is 9.97 Å². The molecule has 6 rings (SSSR count). The molecule has 5 aromatic rings. The van der Waals surface area contributed by atoms with Gasteiger partial charge in [-0.15, -0.1) is 0 Å². The monoisotopic (exact) mass is 707 g/mol. The SMILES string of the molecule is O=S(=O)(CCOCC1(c2cc3c(Nc4ccc(OCc5cccc(F)c5)c(Br)c4)ncnc3cc2F)CC=CO1)c1ccccc1. The summed E-state index contributed by atoms with van der Waals surface area (Å²) >= 11 is 3.53. The standard InChI is InChI=1S/C34H28BrF2N3O5S/c35-29-17-25(10-11-32(29)44-20-23-6-4-7-24(36)16-23)40-33-27-18-28(30(37)19-31(27)38-22-39-33)34(12-5-13-45-34)21-43-14-15-46(41,42)26-8-2-1-3-9-26/h1-11,13,16-19,22H,12,14-15,20-21H2,(H,38,39,40). The number of anilines is 2. The summed E-state index contributed by atoms with van der Waals surface area (Å²) in [5.74, 6) is -0.0989. The topological polar surface area (TPSA) is 99.6 Å². The van der Waals surface area contributed by atoms with Crippen LogP contribution in [0.25, 0.3) is 10.9 Å². The zero-order valence-electron chi connectivity index (χ0n) is 24.3. The third kappa shape index (κ3) is 7.04. The Balaban J connectivity index is 1.19. The van der Waals surface area contributed by atoms with Crippen molar-refractivity contribution in [2.75, 3.05) is 24.3 Å². The maximum absolute atomic E-state index is 15.6. The fourth-order valence-electron chi connectivity index (χ4n) is 5.11. The predicted molar refractivity (Wildman–Crippen MR) is 173 cm³/mol. The zero-order chi connectivity index (χ0) is 32.1. The van der Waals surface area contributed by atoms with E-state index in [0.717, 1.165) is 0 Å². The molecule has 0 radical (unpaired) electrons. The molecular formula is C34H28BrF2N3O5S. The van der Waals surface area contributed by atoms with Crippen molar-refractivity contribution < 1.29 is 31.4 Å². The Hall–Kier alpha value is -4.39. The highest BCUT2D eigenvalue weighted by Gasteiger charge is 2.39. The lowest BCUT2D eigenvalue weighted by molar-refractivity contribution is -0.0439. The van der Waals surface area contributed by atoms with Gasteiger partial charge in [-0.3, -0.25) is 0 Å². The Kier molecular flexibility index (Phi) is 9.29. The highest BCUT2D eigenvalue weighted by molar-refractivity contribution is 9.10. The van der Waals surface area contributed by atoms with Crippen LogP contribution in [0.5, 0.6) is 5.75 Å². The minimum atomic E-state index is -3.54. The number of nitrogens with one attached hydrogen (secondary N) is 1. The smallest absolute Gasteiger partial charge is 0.180 e. The lowest BCUT2D eigenvalue weighted by atomic mass is 9.90. The number of halogens is 3. The molecule has 0 amide bonds. The average molecular weight is 709 g/mol. The van der Waals surface area contributed by atoms with Crippen LogP contribution in [0.15, 0.2) is 113 Å². The number of sulfone groups is 1. The minimum Gasteiger partial charge on any atom is -0.488 e. The van der Waals surface area contributed by atoms with Crippen molar-refractivity contribution in [3.63, 3.8) is 0 Å². The molecule has 2 heterocycles. The summed E-state index contributed by atoms with van der Waals surface area (Å²) in [6, 6.07) is 22.7. The van der Waals surface area contributed by atoms with E-state index in [-0.39, 0.29) is 41.8 Å². The van der Waals surface area contributed by atoms with Gasteiger partial charge in [-0.1, -0.05) is 30.3 Å². The van der Waals surface area contributed by atoms with E-state index in [0.29, 0.717) is 44.6 Å². The lowest BCUT2D eigenvalue weighted by Crippen LogP contribution is -2.33. The van der Waals surface area contributed by atoms with E-state index in [4.69, 9.17) is 14.2 Å². The zero-order valence-corrected chi connectivity index (χ0v) is 26.7. The van der Waals surface area contributed by atoms with E-state index < -0.39 is 21.3 Å². The summed E-state index contributed by atoms with van der Waals surface area (Å²) < 4.78 is 72.8. The van der Waals surface area contributed by atoms with Crippen molar-refractivity contribution in [3.05, 3.63) is 131 Å². The Morgan fingerprint density at radius 1 is 0.978 bits per heavy atom. The molecule has 1 aromatic heterocycles. The average Bonchev–Trinajstić information content (AvgIpc) is 3.53. The van der Waals surface area contributed by atoms with Crippen LogP contribution in [-0.2, 0) is 31.5 Å². The number of nitrogens with zero attached hydrogens (tertiary/aromatic N) is 2. The second kappa shape index (κ2) is 13.5. The molecule has 236 valence electrons. The molecule has 8 nitrogen and oxygen atoms in total. The van der Waals surface area contributed by atoms with Crippen LogP contribution in [-0.4, -0.2) is 37.4 Å². The van der Waals surface area contributed by atoms with E-state index in [1.54, 1.807) is 54.6 Å². The van der Waals surface area contributed by atoms with Gasteiger partial charge < -0.3 is 19.5 Å². The van der Waals surface area contributed by atoms with Gasteiger partial charge in [-0.05, 0) is 76.1 Å². The lowest BCUT2D eigenvalue weighted by Gasteiger charge is -2.30. The molecule has 0 aliphatic carbocycles. The number of ether oxygens (including phenoxy) is 3. The highest BCUT2D eigenvalue weighted by atomic mass is 79.9. The van der Waals surface area contributed by atoms with E-state index in [9.17, 15) is 12.8 Å². The van der Waals surface area contributed by atoms with Crippen LogP contribution >= 0.6 is 15.9 Å². The van der Waals surface area contributed by atoms with Gasteiger partial charge in [0.05, 0.1) is 40.1 Å². The molecule has 1 unspecified atom stereocenters. The number of rotatable bonds is 12. The quantitative estimate of drug-likeness (QED) is 0.132. The summed E-state index contributed by atoms with van der Waals surface area (Å²) in [4.78, 5) is 8.88. The number of benzene rings is 4. The van der Waals surface area contributed by atoms with Crippen LogP contribution < -0.4 is 10.1 Å². The Morgan fingerprint density at radius 2 is 1.83 bits per heavy atom. The maximum Gasteiger partial charge on any atom is 0.180 e. The number of aromatic nitrogens is 2. The Bertz CT molecular complexity index is 2000. The summed E-state index contributed by atoms with van der Waals surface area (Å²) in [6.07, 6.45) is 4.92. The third-order valence-electron chi connectivity index (χ3n) is 7.46. The van der Waals surface area contributed by atoms with E-state index in [2.05, 4.69) is 31.2 Å². The first-order valence-corrected chi connectivity index (χ1v) is 16.7. The largest absolute Gasteiger partial charge is 0.488 e. The number of hydrogen-bond donors (Lipinski definition) is 1. The Labute approximate surface area is 273 Å². The first kappa shape index (κ1) is 31.6. The second-order valence-corrected chi connectivity index (χ2v) is 13.6. The summed E-state index contributed by atoms with van der Waals surface area (Å²) in [5, 5.41) is 3.81. The first-order valence-electron chi connectivity index (χ1n) is 14.3. The van der Waals surface area contributed by atoms with Gasteiger partial charge in [0.25, 0.3) is 0 Å². The van der Waals surface area contributed by atoms with Gasteiger partial charge in [0.2, 0.25) is 0 Å². The third-order valence-corrected chi connectivity index (χ3v) is 9.78. The van der Waals surface area contributed by atoms with E-state index in [1.165, 1.54) is 42.9 Å². The molecule has 0 fully saturated rings. The van der Waals surface area contributed by atoms with Gasteiger partial charge in [-0.2, -0.15) is 0 Å². The van der Waals surface area contributed by atoms with E-state index >= 15 is 4.39 Å². The summed E-state index contributed by atoms with van der Waals surface area (Å²) in [7, 11) is -3.54. The summed E-state index contributed by atoms with van der Waals surface area (Å²) in [6.45, 7) is 0.0246. The molecule has 1 N–H and O–H groups in total. The number of hydrogen-bond acceptors (Lipinski definition) is 8. The molecule has 1 atom stereocenters. The van der Waals surface area contributed by atoms with E-state index in [1.807, 2.05) is 6.07 Å². The molecule has 0 bridgehead atoms. The normalized spacial score (nSPS) is 16.0. The highest BCUT2D eigenvalue weighted by Crippen LogP contribution is 2.39. The van der Waals surface area contributed by atoms with Crippen LogP contribution in [0, 0.1) is 11.6 Å². The van der Waals surface area contributed by atoms with Gasteiger partial charge in [0.15, 0.2) is 15.4 Å². The van der Waals surface area contributed by atoms with Crippen molar-refractivity contribution in [2.24, 2.45) is 0 Å². The van der Waals surface area contributed by atoms with Crippen LogP contribution in [0.3, 0.4) is 0 Å². The van der Waals surface area contributed by atoms with Gasteiger partial charge in [-0.25, -0.2) is 27.2 Å². The van der Waals surface area contributed by atoms with Gasteiger partial charge >= 0.3 is 0 Å². The van der Waals surface area contributed by atoms with Crippen LogP contribution in [0.1, 0.15) is 17.5 Å². The molecule has 0 saturated heterocycles. The first-order chi connectivity index (χ1) is 22.2. The maximum atomic E-state index is 15.6. The molecule has 4 aromatic carbocycles. The van der Waals surface area contributed by atoms with Gasteiger partial charge in [0, 0.05) is 29.1 Å². The number of fused-ring (bicyclic) bond motifs is 1.